The predicted molar refractivity (Wildman–Crippen MR) is 90.2 cm³/mol. The minimum Gasteiger partial charge on any atom is -0.492 e. The molecular formula is C18H22FN3O2. The maximum Gasteiger partial charge on any atom is 0.241 e. The number of carbonyl (C=O) groups is 1. The fourth-order valence-electron chi connectivity index (χ4n) is 2.36. The Morgan fingerprint density at radius 3 is 2.83 bits per heavy atom. The zero-order chi connectivity index (χ0) is 17.4. The molecule has 1 heterocycles. The maximum absolute atomic E-state index is 13.4. The van der Waals surface area contributed by atoms with Crippen molar-refractivity contribution < 1.29 is 13.9 Å². The molecule has 0 saturated heterocycles. The highest BCUT2D eigenvalue weighted by atomic mass is 19.1. The van der Waals surface area contributed by atoms with Crippen molar-refractivity contribution >= 4 is 5.91 Å². The van der Waals surface area contributed by atoms with E-state index in [0.29, 0.717) is 30.9 Å². The summed E-state index contributed by atoms with van der Waals surface area (Å²) >= 11 is 0. The van der Waals surface area contributed by atoms with Gasteiger partial charge in [-0.3, -0.25) is 14.7 Å². The van der Waals surface area contributed by atoms with Crippen LogP contribution in [0.15, 0.2) is 48.8 Å². The average molecular weight is 331 g/mol. The van der Waals surface area contributed by atoms with Crippen LogP contribution in [0, 0.1) is 5.82 Å². The molecule has 0 bridgehead atoms. The molecule has 1 aromatic heterocycles. The van der Waals surface area contributed by atoms with Crippen molar-refractivity contribution in [3.05, 3.63) is 60.2 Å². The molecule has 6 heteroatoms. The lowest BCUT2D eigenvalue weighted by atomic mass is 10.1. The van der Waals surface area contributed by atoms with Gasteiger partial charge in [0.2, 0.25) is 5.91 Å². The van der Waals surface area contributed by atoms with Crippen LogP contribution in [-0.2, 0) is 4.79 Å². The molecule has 2 aromatic rings. The molecule has 0 fully saturated rings. The normalized spacial score (nSPS) is 12.0. The summed E-state index contributed by atoms with van der Waals surface area (Å²) in [7, 11) is 3.58. The standard InChI is InChI=1S/C18H22FN3O2/c1-22(2)17(14-6-3-7-15(19)12-14)18(23)21-10-5-11-24-16-8-4-9-20-13-16/h3-4,6-9,12-13,17H,5,10-11H2,1-2H3,(H,21,23)/t17-/m1/s1. The first-order valence-corrected chi connectivity index (χ1v) is 7.80. The van der Waals surface area contributed by atoms with Gasteiger partial charge >= 0.3 is 0 Å². The van der Waals surface area contributed by atoms with Crippen LogP contribution in [0.25, 0.3) is 0 Å². The number of pyridine rings is 1. The van der Waals surface area contributed by atoms with Crippen LogP contribution in [0.4, 0.5) is 4.39 Å². The highest BCUT2D eigenvalue weighted by Crippen LogP contribution is 2.19. The molecular weight excluding hydrogens is 309 g/mol. The number of hydrogen-bond donors (Lipinski definition) is 1. The minimum absolute atomic E-state index is 0.160. The molecule has 0 radical (unpaired) electrons. The van der Waals surface area contributed by atoms with Crippen LogP contribution in [0.1, 0.15) is 18.0 Å². The van der Waals surface area contributed by atoms with E-state index >= 15 is 0 Å². The van der Waals surface area contributed by atoms with Crippen molar-refractivity contribution in [1.29, 1.82) is 0 Å². The van der Waals surface area contributed by atoms with Crippen LogP contribution < -0.4 is 10.1 Å². The number of likely N-dealkylation sites (N-methyl/N-ethyl adjacent to an activating group) is 1. The Labute approximate surface area is 141 Å². The summed E-state index contributed by atoms with van der Waals surface area (Å²) in [5.41, 5.74) is 0.629. The Bertz CT molecular complexity index is 650. The number of hydrogen-bond acceptors (Lipinski definition) is 4. The van der Waals surface area contributed by atoms with E-state index in [9.17, 15) is 9.18 Å². The molecule has 128 valence electrons. The van der Waals surface area contributed by atoms with Gasteiger partial charge in [-0.25, -0.2) is 4.39 Å². The number of carbonyl (C=O) groups excluding carboxylic acids is 1. The van der Waals surface area contributed by atoms with Crippen molar-refractivity contribution in [2.24, 2.45) is 0 Å². The van der Waals surface area contributed by atoms with Gasteiger partial charge in [-0.15, -0.1) is 0 Å². The Kier molecular flexibility index (Phi) is 6.69. The molecule has 0 unspecified atom stereocenters. The fourth-order valence-corrected chi connectivity index (χ4v) is 2.36. The average Bonchev–Trinajstić information content (AvgIpc) is 2.55. The van der Waals surface area contributed by atoms with Gasteiger partial charge in [0.15, 0.2) is 0 Å². The number of aromatic nitrogens is 1. The summed E-state index contributed by atoms with van der Waals surface area (Å²) in [6, 6.07) is 9.21. The van der Waals surface area contributed by atoms with Crippen molar-refractivity contribution in [3.8, 4) is 5.75 Å². The van der Waals surface area contributed by atoms with Gasteiger partial charge in [-0.05, 0) is 50.3 Å². The Hall–Kier alpha value is -2.47. The van der Waals surface area contributed by atoms with Gasteiger partial charge in [0, 0.05) is 12.7 Å². The summed E-state index contributed by atoms with van der Waals surface area (Å²) in [5.74, 6) is 0.193. The fraction of sp³-hybridized carbons (Fsp3) is 0.333. The van der Waals surface area contributed by atoms with E-state index in [-0.39, 0.29) is 11.7 Å². The van der Waals surface area contributed by atoms with Crippen LogP contribution in [0.2, 0.25) is 0 Å². The van der Waals surface area contributed by atoms with Crippen molar-refractivity contribution in [2.75, 3.05) is 27.2 Å². The largest absolute Gasteiger partial charge is 0.492 e. The van der Waals surface area contributed by atoms with Crippen LogP contribution in [-0.4, -0.2) is 43.0 Å². The van der Waals surface area contributed by atoms with Crippen molar-refractivity contribution in [3.63, 3.8) is 0 Å². The van der Waals surface area contributed by atoms with E-state index in [4.69, 9.17) is 4.74 Å². The molecule has 0 spiro atoms. The lowest BCUT2D eigenvalue weighted by Crippen LogP contribution is -2.37. The van der Waals surface area contributed by atoms with Crippen LogP contribution >= 0.6 is 0 Å². The second kappa shape index (κ2) is 8.98. The second-order valence-electron chi connectivity index (χ2n) is 5.60. The number of benzene rings is 1. The summed E-state index contributed by atoms with van der Waals surface area (Å²) in [5, 5.41) is 2.87. The van der Waals surface area contributed by atoms with Gasteiger partial charge in [0.1, 0.15) is 17.6 Å². The monoisotopic (exact) mass is 331 g/mol. The van der Waals surface area contributed by atoms with Gasteiger partial charge in [0.25, 0.3) is 0 Å². The molecule has 5 nitrogen and oxygen atoms in total. The zero-order valence-corrected chi connectivity index (χ0v) is 13.9. The summed E-state index contributed by atoms with van der Waals surface area (Å²) < 4.78 is 18.9. The SMILES string of the molecule is CN(C)[C@@H](C(=O)NCCCOc1cccnc1)c1cccc(F)c1. The van der Waals surface area contributed by atoms with E-state index in [2.05, 4.69) is 10.3 Å². The summed E-state index contributed by atoms with van der Waals surface area (Å²) in [4.78, 5) is 18.1. The molecule has 1 aromatic carbocycles. The molecule has 0 aliphatic rings. The molecule has 1 amide bonds. The second-order valence-corrected chi connectivity index (χ2v) is 5.60. The molecule has 2 rings (SSSR count). The number of amides is 1. The summed E-state index contributed by atoms with van der Waals surface area (Å²) in [6.07, 6.45) is 4.00. The predicted octanol–water partition coefficient (Wildman–Crippen LogP) is 2.41. The topological polar surface area (TPSA) is 54.5 Å². The molecule has 24 heavy (non-hydrogen) atoms. The van der Waals surface area contributed by atoms with E-state index in [1.807, 2.05) is 6.07 Å². The molecule has 1 atom stereocenters. The Morgan fingerprint density at radius 1 is 1.33 bits per heavy atom. The van der Waals surface area contributed by atoms with Crippen molar-refractivity contribution in [2.45, 2.75) is 12.5 Å². The number of nitrogens with zero attached hydrogens (tertiary/aromatic N) is 2. The maximum atomic E-state index is 13.4. The molecule has 0 aliphatic carbocycles. The lowest BCUT2D eigenvalue weighted by molar-refractivity contribution is -0.125. The van der Waals surface area contributed by atoms with Crippen LogP contribution in [0.3, 0.4) is 0 Å². The van der Waals surface area contributed by atoms with E-state index in [0.717, 1.165) is 0 Å². The van der Waals surface area contributed by atoms with E-state index in [1.54, 1.807) is 49.6 Å². The highest BCUT2D eigenvalue weighted by Gasteiger charge is 2.22. The third kappa shape index (κ3) is 5.31. The quantitative estimate of drug-likeness (QED) is 0.755. The van der Waals surface area contributed by atoms with Gasteiger partial charge < -0.3 is 10.1 Å². The third-order valence-electron chi connectivity index (χ3n) is 3.45. The molecule has 0 aliphatic heterocycles. The number of ether oxygens (including phenoxy) is 1. The Balaban J connectivity index is 1.81. The van der Waals surface area contributed by atoms with Gasteiger partial charge in [-0.1, -0.05) is 12.1 Å². The minimum atomic E-state index is -0.528. The number of nitrogens with one attached hydrogen (secondary N) is 1. The first-order valence-electron chi connectivity index (χ1n) is 7.80. The van der Waals surface area contributed by atoms with E-state index in [1.165, 1.54) is 12.1 Å². The first kappa shape index (κ1) is 17.9. The number of halogens is 1. The summed E-state index contributed by atoms with van der Waals surface area (Å²) in [6.45, 7) is 0.970. The Morgan fingerprint density at radius 2 is 2.17 bits per heavy atom. The lowest BCUT2D eigenvalue weighted by Gasteiger charge is -2.24. The van der Waals surface area contributed by atoms with Gasteiger partial charge in [0.05, 0.1) is 12.8 Å². The first-order chi connectivity index (χ1) is 11.6. The van der Waals surface area contributed by atoms with Crippen molar-refractivity contribution in [1.82, 2.24) is 15.2 Å². The zero-order valence-electron chi connectivity index (χ0n) is 13.9. The highest BCUT2D eigenvalue weighted by molar-refractivity contribution is 5.83. The number of rotatable bonds is 8. The van der Waals surface area contributed by atoms with Crippen LogP contribution in [0.5, 0.6) is 5.75 Å². The van der Waals surface area contributed by atoms with Gasteiger partial charge in [-0.2, -0.15) is 0 Å². The smallest absolute Gasteiger partial charge is 0.241 e. The third-order valence-corrected chi connectivity index (χ3v) is 3.45. The molecule has 0 saturated carbocycles. The van der Waals surface area contributed by atoms with E-state index < -0.39 is 6.04 Å². The molecule has 1 N–H and O–H groups in total.